The number of carbonyl (C=O) groups excluding carboxylic acids is 2. The summed E-state index contributed by atoms with van der Waals surface area (Å²) in [5.41, 5.74) is 6.25. The van der Waals surface area contributed by atoms with Crippen LogP contribution in [0.2, 0.25) is 0 Å². The molecule has 0 aliphatic carbocycles. The number of nitrogens with zero attached hydrogens (tertiary/aromatic N) is 1. The summed E-state index contributed by atoms with van der Waals surface area (Å²) in [4.78, 5) is 25.1. The van der Waals surface area contributed by atoms with Crippen molar-refractivity contribution in [1.29, 1.82) is 0 Å². The van der Waals surface area contributed by atoms with Crippen LogP contribution in [-0.4, -0.2) is 48.3 Å². The van der Waals surface area contributed by atoms with Crippen molar-refractivity contribution in [2.45, 2.75) is 24.6 Å². The topological polar surface area (TPSA) is 72.6 Å². The van der Waals surface area contributed by atoms with Crippen LogP contribution in [-0.2, 0) is 20.1 Å². The molecule has 1 aliphatic rings. The van der Waals surface area contributed by atoms with E-state index in [1.165, 1.54) is 12.1 Å². The highest BCUT2D eigenvalue weighted by molar-refractivity contribution is 7.98. The molecule has 1 heterocycles. The van der Waals surface area contributed by atoms with Crippen molar-refractivity contribution in [3.05, 3.63) is 35.6 Å². The number of rotatable bonds is 7. The molecule has 0 saturated carbocycles. The Morgan fingerprint density at radius 1 is 1.35 bits per heavy atom. The number of hydrogen-bond acceptors (Lipinski definition) is 4. The van der Waals surface area contributed by atoms with Crippen LogP contribution in [0.15, 0.2) is 24.3 Å². The second-order valence-electron chi connectivity index (χ2n) is 5.42. The van der Waals surface area contributed by atoms with Gasteiger partial charge in [-0.2, -0.15) is 11.8 Å². The summed E-state index contributed by atoms with van der Waals surface area (Å²) >= 11 is 1.63. The number of benzene rings is 1. The first-order valence-corrected chi connectivity index (χ1v) is 8.69. The fraction of sp³-hybridized carbons (Fsp3) is 0.500. The first kappa shape index (κ1) is 17.7. The number of morpholine rings is 1. The molecule has 5 nitrogen and oxygen atoms in total. The van der Waals surface area contributed by atoms with E-state index >= 15 is 0 Å². The van der Waals surface area contributed by atoms with E-state index in [2.05, 4.69) is 0 Å². The van der Waals surface area contributed by atoms with Crippen molar-refractivity contribution in [3.63, 3.8) is 0 Å². The molecule has 2 rings (SSSR count). The molecule has 1 aromatic rings. The highest BCUT2D eigenvalue weighted by Gasteiger charge is 2.28. The van der Waals surface area contributed by atoms with Gasteiger partial charge in [0.1, 0.15) is 5.82 Å². The Morgan fingerprint density at radius 3 is 2.78 bits per heavy atom. The van der Waals surface area contributed by atoms with Gasteiger partial charge in [0.15, 0.2) is 0 Å². The first-order chi connectivity index (χ1) is 11.1. The van der Waals surface area contributed by atoms with Crippen LogP contribution in [0.1, 0.15) is 18.4 Å². The third-order valence-corrected chi connectivity index (χ3v) is 4.66. The minimum Gasteiger partial charge on any atom is -0.377 e. The van der Waals surface area contributed by atoms with Crippen molar-refractivity contribution in [1.82, 2.24) is 4.90 Å². The van der Waals surface area contributed by atoms with E-state index < -0.39 is 5.91 Å². The number of ether oxygens (including phenoxy) is 1. The van der Waals surface area contributed by atoms with Gasteiger partial charge in [0.25, 0.3) is 0 Å². The van der Waals surface area contributed by atoms with E-state index in [1.54, 1.807) is 28.8 Å². The lowest BCUT2D eigenvalue weighted by molar-refractivity contribution is -0.140. The molecule has 1 aromatic carbocycles. The summed E-state index contributed by atoms with van der Waals surface area (Å²) in [5, 5.41) is 0. The summed E-state index contributed by atoms with van der Waals surface area (Å²) in [5.74, 6) is 0.759. The van der Waals surface area contributed by atoms with Crippen molar-refractivity contribution in [3.8, 4) is 0 Å². The van der Waals surface area contributed by atoms with Crippen molar-refractivity contribution in [2.75, 3.05) is 25.5 Å². The standard InChI is InChI=1S/C16H21FN2O3S/c17-13-3-1-12(2-4-13)11-23-8-5-16(21)19-6-7-22-10-14(19)9-15(18)20/h1-4,14H,5-11H2,(H2,18,20)/t14-/m0/s1. The minimum atomic E-state index is -0.427. The Hall–Kier alpha value is -1.60. The third kappa shape index (κ3) is 5.84. The zero-order valence-electron chi connectivity index (χ0n) is 12.9. The summed E-state index contributed by atoms with van der Waals surface area (Å²) in [6.07, 6.45) is 0.537. The molecular formula is C16H21FN2O3S. The smallest absolute Gasteiger partial charge is 0.223 e. The van der Waals surface area contributed by atoms with Crippen LogP contribution in [0.4, 0.5) is 4.39 Å². The second-order valence-corrected chi connectivity index (χ2v) is 6.52. The van der Waals surface area contributed by atoms with Crippen LogP contribution < -0.4 is 5.73 Å². The van der Waals surface area contributed by atoms with Gasteiger partial charge in [-0.1, -0.05) is 12.1 Å². The van der Waals surface area contributed by atoms with Crippen molar-refractivity contribution < 1.29 is 18.7 Å². The molecule has 1 atom stereocenters. The molecule has 1 fully saturated rings. The monoisotopic (exact) mass is 340 g/mol. The SMILES string of the molecule is NC(=O)C[C@H]1COCCN1C(=O)CCSCc1ccc(F)cc1. The molecule has 0 spiro atoms. The molecule has 2 amide bonds. The van der Waals surface area contributed by atoms with E-state index in [9.17, 15) is 14.0 Å². The Morgan fingerprint density at radius 2 is 2.09 bits per heavy atom. The number of carbonyl (C=O) groups is 2. The molecule has 0 aromatic heterocycles. The quantitative estimate of drug-likeness (QED) is 0.765. The number of primary amides is 1. The summed E-state index contributed by atoms with van der Waals surface area (Å²) in [6, 6.07) is 6.10. The molecular weight excluding hydrogens is 319 g/mol. The van der Waals surface area contributed by atoms with Crippen LogP contribution in [0, 0.1) is 5.82 Å². The Balaban J connectivity index is 1.74. The maximum Gasteiger partial charge on any atom is 0.223 e. The van der Waals surface area contributed by atoms with E-state index in [1.807, 2.05) is 0 Å². The van der Waals surface area contributed by atoms with Gasteiger partial charge in [-0.3, -0.25) is 9.59 Å². The Kier molecular flexibility index (Phi) is 6.85. The fourth-order valence-electron chi connectivity index (χ4n) is 2.46. The summed E-state index contributed by atoms with van der Waals surface area (Å²) < 4.78 is 18.1. The van der Waals surface area contributed by atoms with Crippen molar-refractivity contribution >= 4 is 23.6 Å². The molecule has 0 unspecified atom stereocenters. The van der Waals surface area contributed by atoms with Crippen LogP contribution in [0.25, 0.3) is 0 Å². The number of nitrogens with two attached hydrogens (primary N) is 1. The zero-order chi connectivity index (χ0) is 16.7. The lowest BCUT2D eigenvalue weighted by Gasteiger charge is -2.35. The predicted molar refractivity (Wildman–Crippen MR) is 87.3 cm³/mol. The highest BCUT2D eigenvalue weighted by Crippen LogP contribution is 2.16. The van der Waals surface area contributed by atoms with E-state index in [4.69, 9.17) is 10.5 Å². The molecule has 0 radical (unpaired) electrons. The first-order valence-electron chi connectivity index (χ1n) is 7.54. The van der Waals surface area contributed by atoms with Gasteiger partial charge in [0.05, 0.1) is 19.3 Å². The Labute approximate surface area is 139 Å². The normalized spacial score (nSPS) is 18.0. The van der Waals surface area contributed by atoms with Gasteiger partial charge in [-0.05, 0) is 17.7 Å². The van der Waals surface area contributed by atoms with Gasteiger partial charge in [-0.25, -0.2) is 4.39 Å². The molecule has 0 bridgehead atoms. The van der Waals surface area contributed by atoms with Gasteiger partial charge >= 0.3 is 0 Å². The molecule has 2 N–H and O–H groups in total. The van der Waals surface area contributed by atoms with Crippen LogP contribution in [0.5, 0.6) is 0 Å². The van der Waals surface area contributed by atoms with Crippen LogP contribution in [0.3, 0.4) is 0 Å². The average Bonchev–Trinajstić information content (AvgIpc) is 2.53. The molecule has 1 aliphatic heterocycles. The van der Waals surface area contributed by atoms with Crippen LogP contribution >= 0.6 is 11.8 Å². The molecule has 7 heteroatoms. The second kappa shape index (κ2) is 8.88. The lowest BCUT2D eigenvalue weighted by atomic mass is 10.1. The van der Waals surface area contributed by atoms with Gasteiger partial charge < -0.3 is 15.4 Å². The molecule has 23 heavy (non-hydrogen) atoms. The average molecular weight is 340 g/mol. The van der Waals surface area contributed by atoms with Gasteiger partial charge in [-0.15, -0.1) is 0 Å². The third-order valence-electron chi connectivity index (χ3n) is 3.63. The van der Waals surface area contributed by atoms with Crippen molar-refractivity contribution in [2.24, 2.45) is 5.73 Å². The maximum atomic E-state index is 12.8. The van der Waals surface area contributed by atoms with Gasteiger partial charge in [0.2, 0.25) is 11.8 Å². The van der Waals surface area contributed by atoms with E-state index in [0.29, 0.717) is 31.9 Å². The highest BCUT2D eigenvalue weighted by atomic mass is 32.2. The van der Waals surface area contributed by atoms with Gasteiger partial charge in [0, 0.05) is 30.9 Å². The summed E-state index contributed by atoms with van der Waals surface area (Å²) in [6.45, 7) is 1.35. The van der Waals surface area contributed by atoms with E-state index in [-0.39, 0.29) is 24.2 Å². The van der Waals surface area contributed by atoms with E-state index in [0.717, 1.165) is 11.3 Å². The molecule has 126 valence electrons. The minimum absolute atomic E-state index is 0.0196. The number of hydrogen-bond donors (Lipinski definition) is 1. The number of halogens is 1. The zero-order valence-corrected chi connectivity index (χ0v) is 13.7. The number of amides is 2. The lowest BCUT2D eigenvalue weighted by Crippen LogP contribution is -2.50. The maximum absolute atomic E-state index is 12.8. The number of thioether (sulfide) groups is 1. The Bertz CT molecular complexity index is 539. The largest absolute Gasteiger partial charge is 0.377 e. The fourth-order valence-corrected chi connectivity index (χ4v) is 3.35. The predicted octanol–water partition coefficient (Wildman–Crippen LogP) is 1.55. The molecule has 1 saturated heterocycles. The summed E-state index contributed by atoms with van der Waals surface area (Å²) in [7, 11) is 0.